The van der Waals surface area contributed by atoms with E-state index in [0.717, 1.165) is 100 Å². The zero-order chi connectivity index (χ0) is 70.1. The molecule has 0 N–H and O–H groups in total. The number of hydrogen-bond donors (Lipinski definition) is 0. The minimum atomic E-state index is -0.585. The van der Waals surface area contributed by atoms with Gasteiger partial charge in [0.15, 0.2) is 26.4 Å². The molecule has 0 saturated heterocycles. The molecule has 16 rings (SSSR count). The van der Waals surface area contributed by atoms with Gasteiger partial charge in [-0.05, 0) is 249 Å². The van der Waals surface area contributed by atoms with Gasteiger partial charge in [-0.2, -0.15) is 0 Å². The molecule has 16 fully saturated rings. The molecule has 16 saturated carbocycles. The lowest BCUT2D eigenvalue weighted by Gasteiger charge is -2.65. The van der Waals surface area contributed by atoms with Crippen molar-refractivity contribution in [3.8, 4) is 0 Å². The molecule has 8 unspecified atom stereocenters. The highest BCUT2D eigenvalue weighted by Crippen LogP contribution is 2.70. The van der Waals surface area contributed by atoms with E-state index in [-0.39, 0.29) is 60.7 Å². The van der Waals surface area contributed by atoms with Gasteiger partial charge in [-0.15, -0.1) is 0 Å². The number of rotatable bonds is 24. The van der Waals surface area contributed by atoms with E-state index in [9.17, 15) is 38.4 Å². The largest absolute Gasteiger partial charge is 0.456 e. The number of carbonyl (C=O) groups excluding carboxylic acids is 8. The molecule has 16 aliphatic rings. The van der Waals surface area contributed by atoms with E-state index in [1.807, 2.05) is 0 Å². The SMILES string of the molecule is C=C(C)C(=O)OCC(=O)OC1(C(C)C)C2CC3CC1CC(C)(C3)C2.C=C(C)C(=O)OCC(=O)OC1(CCCC)C2CC3CC1CC(C)(C3)C2.C=CC(=O)OCC(=O)OC1(C(C)C)C2CC3CC1CC(C)(C3)C2.C=CC(=O)OCC(=O)OC1(CCCC)C2CC3CC1CC(C)(C3)C2. The fourth-order valence-electron chi connectivity index (χ4n) is 24.1. The third-order valence-corrected chi connectivity index (χ3v) is 26.5. The van der Waals surface area contributed by atoms with Crippen LogP contribution in [0.4, 0.5) is 0 Å². The summed E-state index contributed by atoms with van der Waals surface area (Å²) in [6, 6.07) is 0. The van der Waals surface area contributed by atoms with Crippen LogP contribution in [-0.2, 0) is 76.3 Å². The van der Waals surface area contributed by atoms with Gasteiger partial charge < -0.3 is 37.9 Å². The normalized spacial score (nSPS) is 39.6. The molecule has 0 radical (unpaired) electrons. The first-order chi connectivity index (χ1) is 45.1. The molecule has 0 spiro atoms. The lowest BCUT2D eigenvalue weighted by molar-refractivity contribution is -0.240. The van der Waals surface area contributed by atoms with Crippen LogP contribution < -0.4 is 0 Å². The lowest BCUT2D eigenvalue weighted by atomic mass is 9.43. The van der Waals surface area contributed by atoms with E-state index in [1.165, 1.54) is 103 Å². The third-order valence-electron chi connectivity index (χ3n) is 26.5. The first kappa shape index (κ1) is 74.9. The summed E-state index contributed by atoms with van der Waals surface area (Å²) in [4.78, 5) is 95.0. The van der Waals surface area contributed by atoms with Crippen molar-refractivity contribution in [3.63, 3.8) is 0 Å². The number of unbranched alkanes of at least 4 members (excludes halogenated alkanes) is 2. The Balaban J connectivity index is 0.000000150. The first-order valence-electron chi connectivity index (χ1n) is 37.2. The second-order valence-electron chi connectivity index (χ2n) is 35.0. The second-order valence-corrected chi connectivity index (χ2v) is 35.0. The molecule has 0 heterocycles. The van der Waals surface area contributed by atoms with Crippen LogP contribution in [0, 0.1) is 105 Å². The van der Waals surface area contributed by atoms with Gasteiger partial charge in [0.1, 0.15) is 22.4 Å². The highest BCUT2D eigenvalue weighted by atomic mass is 16.6. The van der Waals surface area contributed by atoms with Crippen molar-refractivity contribution in [1.82, 2.24) is 0 Å². The molecule has 16 nitrogen and oxygen atoms in total. The molecule has 16 aliphatic carbocycles. The van der Waals surface area contributed by atoms with Crippen molar-refractivity contribution >= 4 is 47.8 Å². The number of ether oxygens (including phenoxy) is 8. The van der Waals surface area contributed by atoms with Crippen molar-refractivity contribution in [2.75, 3.05) is 26.4 Å². The Morgan fingerprint density at radius 2 is 0.625 bits per heavy atom. The van der Waals surface area contributed by atoms with E-state index in [4.69, 9.17) is 37.9 Å². The summed E-state index contributed by atoms with van der Waals surface area (Å²) in [5.41, 5.74) is 0.893. The molecule has 0 aromatic heterocycles. The Bertz CT molecular complexity index is 2880. The smallest absolute Gasteiger partial charge is 0.344 e. The fourth-order valence-corrected chi connectivity index (χ4v) is 24.1. The summed E-state index contributed by atoms with van der Waals surface area (Å²) >= 11 is 0. The summed E-state index contributed by atoms with van der Waals surface area (Å²) in [7, 11) is 0. The molecular formula is C80H120O16. The van der Waals surface area contributed by atoms with Crippen LogP contribution in [0.1, 0.15) is 250 Å². The predicted octanol–water partition coefficient (Wildman–Crippen LogP) is 15.8. The van der Waals surface area contributed by atoms with E-state index in [0.29, 0.717) is 80.1 Å². The van der Waals surface area contributed by atoms with Gasteiger partial charge in [0, 0.05) is 47.0 Å². The highest BCUT2D eigenvalue weighted by molar-refractivity contribution is 5.89. The molecule has 96 heavy (non-hydrogen) atoms. The van der Waals surface area contributed by atoms with E-state index < -0.39 is 47.8 Å². The van der Waals surface area contributed by atoms with E-state index in [1.54, 1.807) is 13.8 Å². The number of hydrogen-bond acceptors (Lipinski definition) is 16. The number of carbonyl (C=O) groups is 8. The van der Waals surface area contributed by atoms with Crippen molar-refractivity contribution in [2.24, 2.45) is 105 Å². The van der Waals surface area contributed by atoms with Gasteiger partial charge in [0.2, 0.25) is 0 Å². The number of esters is 8. The molecule has 0 aromatic rings. The second kappa shape index (κ2) is 29.5. The quantitative estimate of drug-likeness (QED) is 0.0500. The van der Waals surface area contributed by atoms with Crippen molar-refractivity contribution in [3.05, 3.63) is 49.6 Å². The Hall–Kier alpha value is -5.28. The Morgan fingerprint density at radius 3 is 0.854 bits per heavy atom. The maximum absolute atomic E-state index is 12.5. The molecule has 536 valence electrons. The summed E-state index contributed by atoms with van der Waals surface area (Å²) in [6.07, 6.45) is 32.5. The van der Waals surface area contributed by atoms with Crippen LogP contribution in [0.5, 0.6) is 0 Å². The van der Waals surface area contributed by atoms with Gasteiger partial charge in [-0.25, -0.2) is 38.4 Å². The van der Waals surface area contributed by atoms with E-state index >= 15 is 0 Å². The summed E-state index contributed by atoms with van der Waals surface area (Å²) < 4.78 is 44.2. The molecule has 0 aromatic carbocycles. The van der Waals surface area contributed by atoms with Gasteiger partial charge in [-0.1, -0.05) is 108 Å². The van der Waals surface area contributed by atoms with Gasteiger partial charge >= 0.3 is 47.8 Å². The average Bonchev–Trinajstić information content (AvgIpc) is 0.738. The monoisotopic (exact) mass is 1340 g/mol. The highest BCUT2D eigenvalue weighted by Gasteiger charge is 2.67. The molecule has 16 heteroatoms. The van der Waals surface area contributed by atoms with Gasteiger partial charge in [0.05, 0.1) is 0 Å². The van der Waals surface area contributed by atoms with Crippen molar-refractivity contribution in [2.45, 2.75) is 272 Å². The maximum atomic E-state index is 12.5. The predicted molar refractivity (Wildman–Crippen MR) is 365 cm³/mol. The molecular weight excluding hydrogens is 1220 g/mol. The minimum Gasteiger partial charge on any atom is -0.456 e. The zero-order valence-electron chi connectivity index (χ0n) is 60.8. The molecule has 8 atom stereocenters. The minimum absolute atomic E-state index is 0.275. The van der Waals surface area contributed by atoms with Crippen LogP contribution in [0.15, 0.2) is 49.6 Å². The van der Waals surface area contributed by atoms with Crippen molar-refractivity contribution in [1.29, 1.82) is 0 Å². The zero-order valence-corrected chi connectivity index (χ0v) is 60.8. The molecule has 0 amide bonds. The first-order valence-corrected chi connectivity index (χ1v) is 37.2. The molecule has 0 aliphatic heterocycles. The topological polar surface area (TPSA) is 210 Å². The summed E-state index contributed by atoms with van der Waals surface area (Å²) in [5, 5.41) is 0. The van der Waals surface area contributed by atoms with E-state index in [2.05, 4.69) is 95.6 Å². The van der Waals surface area contributed by atoms with Gasteiger partial charge in [0.25, 0.3) is 0 Å². The Labute approximate surface area is 574 Å². The summed E-state index contributed by atoms with van der Waals surface area (Å²) in [6.45, 7) is 38.3. The fraction of sp³-hybridized carbons (Fsp3) is 0.800. The van der Waals surface area contributed by atoms with Crippen LogP contribution in [0.3, 0.4) is 0 Å². The Kier molecular flexibility index (Phi) is 23.0. The maximum Gasteiger partial charge on any atom is 0.344 e. The van der Waals surface area contributed by atoms with Gasteiger partial charge in [-0.3, -0.25) is 0 Å². The summed E-state index contributed by atoms with van der Waals surface area (Å²) in [5.74, 6) is 3.51. The van der Waals surface area contributed by atoms with Crippen LogP contribution in [-0.4, -0.2) is 96.6 Å². The van der Waals surface area contributed by atoms with Crippen LogP contribution in [0.25, 0.3) is 0 Å². The third kappa shape index (κ3) is 15.7. The van der Waals surface area contributed by atoms with Crippen molar-refractivity contribution < 1.29 is 76.3 Å². The molecule has 16 bridgehead atoms. The van der Waals surface area contributed by atoms with Crippen LogP contribution in [0.2, 0.25) is 0 Å². The van der Waals surface area contributed by atoms with Crippen LogP contribution >= 0.6 is 0 Å². The standard InChI is InChI=1S/C21H32O4.2C20H30O4.C19H28O4/c1-5-6-7-21(25-18(22)13-24-19(23)14(2)3)16-8-15-9-17(21)12-20(4,10-15)11-16;1-12(2)18(22)23-11-17(21)24-20(13(3)4)15-6-14-7-16(20)10-19(5,8-14)9-15;1-4-6-7-20(24-18(22)13-23-17(21)5-2)15-8-14-9-16(20)12-19(3,10-14)11-15;1-5-16(20)22-11-17(21)23-19(12(2)3)14-6-13-7-15(19)10-18(4,8-13)9-14/h15-17H,2,5-13H2,1,3-4H3;13-16H,1,6-11H2,2-5H3;5,14-16H,2,4,6-13H2,1,3H3;5,12-15H,1,6-11H2,2-4H3. The Morgan fingerprint density at radius 1 is 0.385 bits per heavy atom. The lowest BCUT2D eigenvalue weighted by Crippen LogP contribution is -2.64. The average molecular weight is 1340 g/mol.